The van der Waals surface area contributed by atoms with Gasteiger partial charge in [0.15, 0.2) is 0 Å². The topological polar surface area (TPSA) is 61.4 Å². The van der Waals surface area contributed by atoms with Crippen molar-refractivity contribution in [2.75, 3.05) is 13.2 Å². The van der Waals surface area contributed by atoms with Gasteiger partial charge in [-0.15, -0.1) is 6.42 Å². The molecule has 0 heterocycles. The summed E-state index contributed by atoms with van der Waals surface area (Å²) in [5.41, 5.74) is -0.0105. The Kier molecular flexibility index (Phi) is 6.86. The zero-order valence-electron chi connectivity index (χ0n) is 11.2. The summed E-state index contributed by atoms with van der Waals surface area (Å²) in [7, 11) is 0. The molecule has 17 heavy (non-hydrogen) atoms. The van der Waals surface area contributed by atoms with Gasteiger partial charge in [0.25, 0.3) is 0 Å². The van der Waals surface area contributed by atoms with Crippen molar-refractivity contribution in [3.63, 3.8) is 0 Å². The molecule has 0 rings (SSSR count). The fourth-order valence-electron chi connectivity index (χ4n) is 1.56. The molecule has 0 aromatic heterocycles. The van der Waals surface area contributed by atoms with Gasteiger partial charge in [0.1, 0.15) is 0 Å². The maximum atomic E-state index is 11.6. The number of terminal acetylenes is 1. The first-order valence-electron chi connectivity index (χ1n) is 5.91. The van der Waals surface area contributed by atoms with Crippen LogP contribution in [0.1, 0.15) is 34.1 Å². The maximum Gasteiger partial charge on any atom is 0.237 e. The fourth-order valence-corrected chi connectivity index (χ4v) is 1.56. The second-order valence-electron chi connectivity index (χ2n) is 5.24. The molecule has 0 aromatic carbocycles. The molecule has 0 bridgehead atoms. The molecule has 0 aromatic rings. The third kappa shape index (κ3) is 6.30. The van der Waals surface area contributed by atoms with Crippen molar-refractivity contribution in [2.45, 2.75) is 46.2 Å². The monoisotopic (exact) mass is 240 g/mol. The van der Waals surface area contributed by atoms with Crippen LogP contribution in [0.3, 0.4) is 0 Å². The molecule has 0 saturated heterocycles. The number of amides is 1. The second kappa shape index (κ2) is 7.31. The van der Waals surface area contributed by atoms with Gasteiger partial charge in [-0.1, -0.05) is 26.7 Å². The quantitative estimate of drug-likeness (QED) is 0.593. The van der Waals surface area contributed by atoms with Crippen LogP contribution in [0.2, 0.25) is 0 Å². The van der Waals surface area contributed by atoms with Crippen LogP contribution in [0.15, 0.2) is 0 Å². The lowest BCUT2D eigenvalue weighted by Gasteiger charge is -2.33. The molecule has 4 heteroatoms. The van der Waals surface area contributed by atoms with Crippen LogP contribution < -0.4 is 10.6 Å². The molecular weight excluding hydrogens is 216 g/mol. The Hall–Kier alpha value is -1.05. The number of hydrogen-bond acceptors (Lipinski definition) is 3. The van der Waals surface area contributed by atoms with Gasteiger partial charge in [-0.3, -0.25) is 4.79 Å². The van der Waals surface area contributed by atoms with Crippen LogP contribution in [0.25, 0.3) is 0 Å². The van der Waals surface area contributed by atoms with Gasteiger partial charge in [0, 0.05) is 12.6 Å². The van der Waals surface area contributed by atoms with Gasteiger partial charge in [0.05, 0.1) is 12.6 Å². The van der Waals surface area contributed by atoms with Gasteiger partial charge in [-0.05, 0) is 18.8 Å². The van der Waals surface area contributed by atoms with E-state index in [2.05, 4.69) is 37.3 Å². The summed E-state index contributed by atoms with van der Waals surface area (Å²) < 4.78 is 0. The summed E-state index contributed by atoms with van der Waals surface area (Å²) >= 11 is 0. The lowest BCUT2D eigenvalue weighted by molar-refractivity contribution is -0.122. The molecule has 3 N–H and O–H groups in total. The molecule has 2 atom stereocenters. The third-order valence-electron chi connectivity index (χ3n) is 2.67. The second-order valence-corrected chi connectivity index (χ2v) is 5.24. The highest BCUT2D eigenvalue weighted by atomic mass is 16.3. The number of aliphatic hydroxyl groups excluding tert-OH is 1. The van der Waals surface area contributed by atoms with E-state index in [9.17, 15) is 4.79 Å². The minimum atomic E-state index is -0.320. The standard InChI is InChI=1S/C13H24N2O2/c1-6-8-14-12(17)10(2)15-11(7-9-16)13(3,4)5/h1,10-11,15-16H,7-9H2,2-5H3,(H,14,17). The Morgan fingerprint density at radius 1 is 1.47 bits per heavy atom. The lowest BCUT2D eigenvalue weighted by Crippen LogP contribution is -2.51. The zero-order valence-corrected chi connectivity index (χ0v) is 11.2. The average Bonchev–Trinajstić information content (AvgIpc) is 2.23. The average molecular weight is 240 g/mol. The van der Waals surface area contributed by atoms with E-state index >= 15 is 0 Å². The van der Waals surface area contributed by atoms with Crippen LogP contribution in [0.5, 0.6) is 0 Å². The summed E-state index contributed by atoms with van der Waals surface area (Å²) in [5.74, 6) is 2.25. The summed E-state index contributed by atoms with van der Waals surface area (Å²) in [6, 6.07) is -0.238. The van der Waals surface area contributed by atoms with Crippen molar-refractivity contribution >= 4 is 5.91 Å². The van der Waals surface area contributed by atoms with Crippen LogP contribution in [0, 0.1) is 17.8 Å². The Labute approximate surface area is 104 Å². The Morgan fingerprint density at radius 2 is 2.06 bits per heavy atom. The normalized spacial score (nSPS) is 14.8. The van der Waals surface area contributed by atoms with Crippen molar-refractivity contribution in [1.82, 2.24) is 10.6 Å². The van der Waals surface area contributed by atoms with E-state index in [4.69, 9.17) is 11.5 Å². The Balaban J connectivity index is 4.36. The predicted octanol–water partition coefficient (Wildman–Crippen LogP) is 0.511. The van der Waals surface area contributed by atoms with Crippen molar-refractivity contribution < 1.29 is 9.90 Å². The van der Waals surface area contributed by atoms with Crippen LogP contribution in [-0.4, -0.2) is 36.2 Å². The largest absolute Gasteiger partial charge is 0.396 e. The Morgan fingerprint density at radius 3 is 2.47 bits per heavy atom. The molecule has 98 valence electrons. The predicted molar refractivity (Wildman–Crippen MR) is 69.4 cm³/mol. The molecule has 0 radical (unpaired) electrons. The zero-order chi connectivity index (χ0) is 13.5. The molecule has 1 amide bonds. The smallest absolute Gasteiger partial charge is 0.237 e. The van der Waals surface area contributed by atoms with Crippen molar-refractivity contribution in [3.05, 3.63) is 0 Å². The number of carbonyl (C=O) groups excluding carboxylic acids is 1. The van der Waals surface area contributed by atoms with Crippen LogP contribution >= 0.6 is 0 Å². The molecular formula is C13H24N2O2. The van der Waals surface area contributed by atoms with E-state index in [1.165, 1.54) is 0 Å². The number of hydrogen-bond donors (Lipinski definition) is 3. The molecule has 4 nitrogen and oxygen atoms in total. The van der Waals surface area contributed by atoms with Gasteiger partial charge < -0.3 is 15.7 Å². The summed E-state index contributed by atoms with van der Waals surface area (Å²) in [5, 5.41) is 14.9. The molecule has 0 aliphatic heterocycles. The van der Waals surface area contributed by atoms with Crippen molar-refractivity contribution in [3.8, 4) is 12.3 Å². The van der Waals surface area contributed by atoms with E-state index in [0.717, 1.165) is 0 Å². The number of carbonyl (C=O) groups is 1. The van der Waals surface area contributed by atoms with Gasteiger partial charge in [-0.25, -0.2) is 0 Å². The van der Waals surface area contributed by atoms with E-state index in [-0.39, 0.29) is 36.6 Å². The van der Waals surface area contributed by atoms with Gasteiger partial charge in [0.2, 0.25) is 5.91 Å². The van der Waals surface area contributed by atoms with E-state index < -0.39 is 0 Å². The molecule has 2 unspecified atom stereocenters. The molecule has 0 saturated carbocycles. The number of rotatable bonds is 6. The number of nitrogens with one attached hydrogen (secondary N) is 2. The summed E-state index contributed by atoms with van der Waals surface area (Å²) in [4.78, 5) is 11.6. The highest BCUT2D eigenvalue weighted by Crippen LogP contribution is 2.21. The summed E-state index contributed by atoms with van der Waals surface area (Å²) in [6.07, 6.45) is 5.70. The van der Waals surface area contributed by atoms with E-state index in [1.54, 1.807) is 6.92 Å². The molecule has 0 aliphatic carbocycles. The Bertz CT molecular complexity index is 276. The van der Waals surface area contributed by atoms with E-state index in [1.807, 2.05) is 0 Å². The highest BCUT2D eigenvalue weighted by Gasteiger charge is 2.27. The van der Waals surface area contributed by atoms with Crippen LogP contribution in [-0.2, 0) is 4.79 Å². The number of aliphatic hydroxyl groups is 1. The minimum absolute atomic E-state index is 0.0105. The van der Waals surface area contributed by atoms with Gasteiger partial charge in [-0.2, -0.15) is 0 Å². The molecule has 0 spiro atoms. The highest BCUT2D eigenvalue weighted by molar-refractivity contribution is 5.81. The third-order valence-corrected chi connectivity index (χ3v) is 2.67. The van der Waals surface area contributed by atoms with Crippen molar-refractivity contribution in [1.29, 1.82) is 0 Å². The molecule has 0 aliphatic rings. The van der Waals surface area contributed by atoms with Crippen molar-refractivity contribution in [2.24, 2.45) is 5.41 Å². The molecule has 0 fully saturated rings. The van der Waals surface area contributed by atoms with Gasteiger partial charge >= 0.3 is 0 Å². The lowest BCUT2D eigenvalue weighted by atomic mass is 9.84. The maximum absolute atomic E-state index is 11.6. The minimum Gasteiger partial charge on any atom is -0.396 e. The first-order chi connectivity index (χ1) is 7.82. The first kappa shape index (κ1) is 16.0. The first-order valence-corrected chi connectivity index (χ1v) is 5.91. The SMILES string of the molecule is C#CCNC(=O)C(C)NC(CCO)C(C)(C)C. The fraction of sp³-hybridized carbons (Fsp3) is 0.769. The summed E-state index contributed by atoms with van der Waals surface area (Å²) in [6.45, 7) is 8.37. The van der Waals surface area contributed by atoms with E-state index in [0.29, 0.717) is 6.42 Å². The van der Waals surface area contributed by atoms with Crippen LogP contribution in [0.4, 0.5) is 0 Å².